The van der Waals surface area contributed by atoms with Gasteiger partial charge < -0.3 is 10.1 Å². The number of rotatable bonds is 3. The van der Waals surface area contributed by atoms with Crippen molar-refractivity contribution in [3.05, 3.63) is 29.3 Å². The van der Waals surface area contributed by atoms with Gasteiger partial charge in [-0.25, -0.2) is 0 Å². The largest absolute Gasteiger partial charge is 0.378 e. The van der Waals surface area contributed by atoms with Gasteiger partial charge in [-0.1, -0.05) is 6.07 Å². The zero-order valence-corrected chi connectivity index (χ0v) is 11.2. The Bertz CT molecular complexity index is 402. The normalized spacial score (nSPS) is 19.6. The van der Waals surface area contributed by atoms with E-state index in [9.17, 15) is 4.79 Å². The Kier molecular flexibility index (Phi) is 4.37. The Morgan fingerprint density at radius 3 is 2.61 bits per heavy atom. The first-order valence-corrected chi connectivity index (χ1v) is 6.63. The third-order valence-electron chi connectivity index (χ3n) is 3.19. The molecule has 0 saturated carbocycles. The van der Waals surface area contributed by atoms with Crippen LogP contribution < -0.4 is 5.32 Å². The van der Waals surface area contributed by atoms with Crippen molar-refractivity contribution in [1.82, 2.24) is 0 Å². The lowest BCUT2D eigenvalue weighted by atomic mass is 10.1. The first-order valence-electron chi connectivity index (χ1n) is 6.63. The molecule has 1 aliphatic rings. The van der Waals surface area contributed by atoms with E-state index in [4.69, 9.17) is 4.74 Å². The summed E-state index contributed by atoms with van der Waals surface area (Å²) in [6, 6.07) is 6.08. The third-order valence-corrected chi connectivity index (χ3v) is 3.19. The molecular weight excluding hydrogens is 226 g/mol. The highest BCUT2D eigenvalue weighted by atomic mass is 16.5. The molecule has 1 aromatic carbocycles. The minimum Gasteiger partial charge on any atom is -0.378 e. The number of benzene rings is 1. The Morgan fingerprint density at radius 2 is 2.00 bits per heavy atom. The van der Waals surface area contributed by atoms with Crippen LogP contribution in [0.15, 0.2) is 18.2 Å². The van der Waals surface area contributed by atoms with Crippen LogP contribution in [0.4, 0.5) is 5.69 Å². The average molecular weight is 247 g/mol. The lowest BCUT2D eigenvalue weighted by molar-refractivity contribution is -0.119. The number of nitrogens with one attached hydrogen (secondary N) is 1. The van der Waals surface area contributed by atoms with Gasteiger partial charge in [0.15, 0.2) is 0 Å². The van der Waals surface area contributed by atoms with Crippen molar-refractivity contribution in [2.45, 2.75) is 45.6 Å². The maximum atomic E-state index is 11.9. The fourth-order valence-electron chi connectivity index (χ4n) is 2.43. The fraction of sp³-hybridized carbons (Fsp3) is 0.533. The van der Waals surface area contributed by atoms with Crippen LogP contribution in [0.25, 0.3) is 0 Å². The van der Waals surface area contributed by atoms with Gasteiger partial charge in [0, 0.05) is 12.3 Å². The van der Waals surface area contributed by atoms with E-state index in [1.807, 2.05) is 26.0 Å². The molecule has 0 aromatic heterocycles. The van der Waals surface area contributed by atoms with E-state index < -0.39 is 0 Å². The summed E-state index contributed by atoms with van der Waals surface area (Å²) in [5.74, 6) is 0.0481. The molecule has 0 aliphatic carbocycles. The number of carbonyl (C=O) groups excluding carboxylic acids is 1. The first-order chi connectivity index (χ1) is 8.63. The van der Waals surface area contributed by atoms with E-state index in [1.54, 1.807) is 0 Å². The SMILES string of the molecule is Cc1cc(C)cc(NC(=O)CC2CCCCO2)c1. The number of aryl methyl sites for hydroxylation is 2. The average Bonchev–Trinajstić information content (AvgIpc) is 2.28. The van der Waals surface area contributed by atoms with Gasteiger partial charge in [0.2, 0.25) is 5.91 Å². The predicted molar refractivity (Wildman–Crippen MR) is 72.8 cm³/mol. The van der Waals surface area contributed by atoms with Crippen molar-refractivity contribution in [1.29, 1.82) is 0 Å². The number of carbonyl (C=O) groups is 1. The molecule has 1 atom stereocenters. The van der Waals surface area contributed by atoms with Gasteiger partial charge >= 0.3 is 0 Å². The van der Waals surface area contributed by atoms with E-state index in [0.29, 0.717) is 6.42 Å². The van der Waals surface area contributed by atoms with Gasteiger partial charge in [0.25, 0.3) is 0 Å². The smallest absolute Gasteiger partial charge is 0.226 e. The molecule has 3 nitrogen and oxygen atoms in total. The van der Waals surface area contributed by atoms with Gasteiger partial charge in [0.1, 0.15) is 0 Å². The zero-order valence-electron chi connectivity index (χ0n) is 11.2. The van der Waals surface area contributed by atoms with Gasteiger partial charge in [-0.3, -0.25) is 4.79 Å². The summed E-state index contributed by atoms with van der Waals surface area (Å²) in [5.41, 5.74) is 3.21. The fourth-order valence-corrected chi connectivity index (χ4v) is 2.43. The molecule has 1 aromatic rings. The van der Waals surface area contributed by atoms with Crippen LogP contribution in [0.5, 0.6) is 0 Å². The second-order valence-corrected chi connectivity index (χ2v) is 5.12. The summed E-state index contributed by atoms with van der Waals surface area (Å²) in [6.07, 6.45) is 3.86. The molecule has 1 fully saturated rings. The molecule has 1 unspecified atom stereocenters. The summed E-state index contributed by atoms with van der Waals surface area (Å²) < 4.78 is 5.57. The molecular formula is C15H21NO2. The highest BCUT2D eigenvalue weighted by Gasteiger charge is 2.17. The van der Waals surface area contributed by atoms with Crippen LogP contribution in [0.2, 0.25) is 0 Å². The van der Waals surface area contributed by atoms with Crippen molar-refractivity contribution in [3.63, 3.8) is 0 Å². The molecule has 1 amide bonds. The predicted octanol–water partition coefficient (Wildman–Crippen LogP) is 3.20. The van der Waals surface area contributed by atoms with Gasteiger partial charge in [-0.15, -0.1) is 0 Å². The van der Waals surface area contributed by atoms with Crippen LogP contribution in [0, 0.1) is 13.8 Å². The maximum absolute atomic E-state index is 11.9. The highest BCUT2D eigenvalue weighted by Crippen LogP contribution is 2.18. The zero-order chi connectivity index (χ0) is 13.0. The molecule has 0 bridgehead atoms. The van der Waals surface area contributed by atoms with E-state index in [-0.39, 0.29) is 12.0 Å². The summed E-state index contributed by atoms with van der Waals surface area (Å²) in [5, 5.41) is 2.95. The quantitative estimate of drug-likeness (QED) is 0.890. The Hall–Kier alpha value is -1.35. The van der Waals surface area contributed by atoms with Crippen molar-refractivity contribution >= 4 is 11.6 Å². The summed E-state index contributed by atoms with van der Waals surface area (Å²) >= 11 is 0. The highest BCUT2D eigenvalue weighted by molar-refractivity contribution is 5.91. The molecule has 1 N–H and O–H groups in total. The van der Waals surface area contributed by atoms with E-state index in [2.05, 4.69) is 11.4 Å². The van der Waals surface area contributed by atoms with Gasteiger partial charge in [0.05, 0.1) is 12.5 Å². The lowest BCUT2D eigenvalue weighted by Gasteiger charge is -2.22. The Balaban J connectivity index is 1.89. The summed E-state index contributed by atoms with van der Waals surface area (Å²) in [4.78, 5) is 11.9. The van der Waals surface area contributed by atoms with Crippen LogP contribution >= 0.6 is 0 Å². The van der Waals surface area contributed by atoms with Crippen molar-refractivity contribution < 1.29 is 9.53 Å². The molecule has 98 valence electrons. The first kappa shape index (κ1) is 13.1. The number of amides is 1. The van der Waals surface area contributed by atoms with E-state index in [1.165, 1.54) is 17.5 Å². The van der Waals surface area contributed by atoms with E-state index in [0.717, 1.165) is 25.1 Å². The monoisotopic (exact) mass is 247 g/mol. The van der Waals surface area contributed by atoms with Crippen LogP contribution in [-0.2, 0) is 9.53 Å². The van der Waals surface area contributed by atoms with Crippen molar-refractivity contribution in [2.24, 2.45) is 0 Å². The third kappa shape index (κ3) is 3.84. The van der Waals surface area contributed by atoms with Crippen LogP contribution in [-0.4, -0.2) is 18.6 Å². The van der Waals surface area contributed by atoms with Crippen molar-refractivity contribution in [3.8, 4) is 0 Å². The van der Waals surface area contributed by atoms with Gasteiger partial charge in [-0.2, -0.15) is 0 Å². The molecule has 0 spiro atoms. The van der Waals surface area contributed by atoms with Crippen LogP contribution in [0.3, 0.4) is 0 Å². The standard InChI is InChI=1S/C15H21NO2/c1-11-7-12(2)9-13(8-11)16-15(17)10-14-5-3-4-6-18-14/h7-9,14H,3-6,10H2,1-2H3,(H,16,17). The second kappa shape index (κ2) is 6.01. The second-order valence-electron chi connectivity index (χ2n) is 5.12. The van der Waals surface area contributed by atoms with Crippen LogP contribution in [0.1, 0.15) is 36.8 Å². The van der Waals surface area contributed by atoms with Gasteiger partial charge in [-0.05, 0) is 56.4 Å². The molecule has 2 rings (SSSR count). The molecule has 1 aliphatic heterocycles. The number of hydrogen-bond donors (Lipinski definition) is 1. The minimum atomic E-state index is 0.0481. The maximum Gasteiger partial charge on any atom is 0.226 e. The molecule has 0 radical (unpaired) electrons. The topological polar surface area (TPSA) is 38.3 Å². The summed E-state index contributed by atoms with van der Waals surface area (Å²) in [7, 11) is 0. The molecule has 1 saturated heterocycles. The Labute approximate surface area is 109 Å². The van der Waals surface area contributed by atoms with E-state index >= 15 is 0 Å². The Morgan fingerprint density at radius 1 is 1.28 bits per heavy atom. The molecule has 1 heterocycles. The molecule has 18 heavy (non-hydrogen) atoms. The number of hydrogen-bond acceptors (Lipinski definition) is 2. The minimum absolute atomic E-state index is 0.0481. The molecule has 3 heteroatoms. The summed E-state index contributed by atoms with van der Waals surface area (Å²) in [6.45, 7) is 4.86. The number of ether oxygens (including phenoxy) is 1. The number of anilines is 1. The van der Waals surface area contributed by atoms with Crippen molar-refractivity contribution in [2.75, 3.05) is 11.9 Å². The lowest BCUT2D eigenvalue weighted by Crippen LogP contribution is -2.25.